The molecule has 0 heterocycles. The van der Waals surface area contributed by atoms with Crippen LogP contribution in [0.25, 0.3) is 0 Å². The minimum atomic E-state index is -0.675. The normalized spacial score (nSPS) is 11.9. The number of amides is 2. The zero-order valence-corrected chi connectivity index (χ0v) is 22.3. The van der Waals surface area contributed by atoms with Crippen LogP contribution in [-0.2, 0) is 10.6 Å². The van der Waals surface area contributed by atoms with E-state index in [0.717, 1.165) is 35.3 Å². The van der Waals surface area contributed by atoms with Crippen molar-refractivity contribution < 1.29 is 13.8 Å². The third-order valence-electron chi connectivity index (χ3n) is 4.88. The van der Waals surface area contributed by atoms with Crippen LogP contribution in [0, 0.1) is 19.3 Å². The van der Waals surface area contributed by atoms with Gasteiger partial charge in [0.2, 0.25) is 0 Å². The van der Waals surface area contributed by atoms with Crippen molar-refractivity contribution in [3.63, 3.8) is 0 Å². The van der Waals surface area contributed by atoms with Crippen molar-refractivity contribution in [1.82, 2.24) is 9.42 Å². The van der Waals surface area contributed by atoms with E-state index in [1.54, 1.807) is 12.1 Å². The van der Waals surface area contributed by atoms with Crippen molar-refractivity contribution in [1.29, 1.82) is 0 Å². The van der Waals surface area contributed by atoms with Crippen LogP contribution in [-0.4, -0.2) is 33.4 Å². The monoisotopic (exact) mass is 470 g/mol. The first-order valence-electron chi connectivity index (χ1n) is 11.4. The highest BCUT2D eigenvalue weighted by Gasteiger charge is 2.38. The van der Waals surface area contributed by atoms with Crippen LogP contribution < -0.4 is 0 Å². The summed E-state index contributed by atoms with van der Waals surface area (Å²) in [7, 11) is 0. The van der Waals surface area contributed by atoms with Crippen LogP contribution in [0.3, 0.4) is 0 Å². The maximum absolute atomic E-state index is 13.8. The molecule has 180 valence electrons. The topological polar surface area (TPSA) is 49.9 Å². The van der Waals surface area contributed by atoms with E-state index in [1.165, 1.54) is 9.42 Å². The van der Waals surface area contributed by atoms with Gasteiger partial charge in [-0.2, -0.15) is 4.41 Å². The Morgan fingerprint density at radius 3 is 1.85 bits per heavy atom. The number of carbonyl (C=O) groups excluding carboxylic acids is 2. The number of rotatable bonds is 6. The summed E-state index contributed by atoms with van der Waals surface area (Å²) in [4.78, 5) is 27.5. The zero-order valence-electron chi connectivity index (χ0n) is 21.5. The van der Waals surface area contributed by atoms with Crippen molar-refractivity contribution in [2.24, 2.45) is 5.41 Å². The Labute approximate surface area is 203 Å². The van der Waals surface area contributed by atoms with Gasteiger partial charge in [0, 0.05) is 11.1 Å². The predicted octanol–water partition coefficient (Wildman–Crippen LogP) is 6.79. The predicted molar refractivity (Wildman–Crippen MR) is 137 cm³/mol. The zero-order chi connectivity index (χ0) is 25.0. The molecule has 2 rings (SSSR count). The molecule has 6 heteroatoms. The summed E-state index contributed by atoms with van der Waals surface area (Å²) in [5.74, 6) is -0.552. The summed E-state index contributed by atoms with van der Waals surface area (Å²) in [5.41, 5.74) is 3.42. The third-order valence-corrected chi connectivity index (χ3v) is 5.57. The molecule has 0 aliphatic heterocycles. The molecular formula is C27H38N2O3S. The maximum atomic E-state index is 13.8. The molecule has 0 saturated carbocycles. The average molecular weight is 471 g/mol. The number of aryl methyl sites for hydroxylation is 3. The Balaban J connectivity index is 2.51. The molecule has 0 aliphatic rings. The summed E-state index contributed by atoms with van der Waals surface area (Å²) in [6.07, 6.45) is 0.890. The molecule has 5 nitrogen and oxygen atoms in total. The summed E-state index contributed by atoms with van der Waals surface area (Å²) in [5, 5.41) is 1.50. The SMILES string of the molecule is CCc1ccc(C(=O)N(SOCC(C)(C)C)N(C(=O)c2cc(C)cc(C)c2)C(C)(C)C)cc1. The molecule has 0 bridgehead atoms. The van der Waals surface area contributed by atoms with Gasteiger partial charge in [-0.1, -0.05) is 57.0 Å². The van der Waals surface area contributed by atoms with E-state index in [1.807, 2.05) is 65.0 Å². The molecular weight excluding hydrogens is 432 g/mol. The Kier molecular flexibility index (Phi) is 8.77. The van der Waals surface area contributed by atoms with E-state index in [2.05, 4.69) is 27.7 Å². The molecule has 2 aromatic rings. The lowest BCUT2D eigenvalue weighted by Crippen LogP contribution is -2.55. The van der Waals surface area contributed by atoms with Gasteiger partial charge in [-0.3, -0.25) is 13.8 Å². The minimum absolute atomic E-state index is 0.0886. The first kappa shape index (κ1) is 26.9. The number of nitrogens with zero attached hydrogens (tertiary/aromatic N) is 2. The van der Waals surface area contributed by atoms with Gasteiger partial charge in [0.25, 0.3) is 11.8 Å². The molecule has 0 fully saturated rings. The highest BCUT2D eigenvalue weighted by Crippen LogP contribution is 2.30. The molecule has 0 atom stereocenters. The number of hydrazine groups is 1. The van der Waals surface area contributed by atoms with Crippen LogP contribution in [0.15, 0.2) is 42.5 Å². The molecule has 0 N–H and O–H groups in total. The van der Waals surface area contributed by atoms with Crippen LogP contribution in [0.1, 0.15) is 85.9 Å². The molecule has 0 unspecified atom stereocenters. The molecule has 0 aromatic heterocycles. The fourth-order valence-corrected chi connectivity index (χ4v) is 4.35. The molecule has 0 saturated heterocycles. The molecule has 0 radical (unpaired) electrons. The van der Waals surface area contributed by atoms with Crippen LogP contribution in [0.5, 0.6) is 0 Å². The van der Waals surface area contributed by atoms with Gasteiger partial charge in [0.1, 0.15) is 12.2 Å². The van der Waals surface area contributed by atoms with Crippen molar-refractivity contribution in [3.05, 3.63) is 70.3 Å². The van der Waals surface area contributed by atoms with Gasteiger partial charge < -0.3 is 0 Å². The summed E-state index contributed by atoms with van der Waals surface area (Å²) >= 11 is 0.917. The lowest BCUT2D eigenvalue weighted by atomic mass is 9.99. The molecule has 2 amide bonds. The van der Waals surface area contributed by atoms with Gasteiger partial charge in [-0.15, -0.1) is 0 Å². The van der Waals surface area contributed by atoms with Gasteiger partial charge in [-0.05, 0) is 76.3 Å². The lowest BCUT2D eigenvalue weighted by molar-refractivity contribution is -0.00371. The van der Waals surface area contributed by atoms with E-state index >= 15 is 0 Å². The first-order chi connectivity index (χ1) is 15.2. The Morgan fingerprint density at radius 2 is 1.39 bits per heavy atom. The van der Waals surface area contributed by atoms with Gasteiger partial charge >= 0.3 is 0 Å². The Morgan fingerprint density at radius 1 is 0.848 bits per heavy atom. The quantitative estimate of drug-likeness (QED) is 0.265. The summed E-state index contributed by atoms with van der Waals surface area (Å²) < 4.78 is 7.25. The van der Waals surface area contributed by atoms with Crippen molar-refractivity contribution in [2.75, 3.05) is 6.61 Å². The minimum Gasteiger partial charge on any atom is -0.295 e. The highest BCUT2D eigenvalue weighted by molar-refractivity contribution is 7.92. The number of carbonyl (C=O) groups is 2. The third kappa shape index (κ3) is 7.61. The van der Waals surface area contributed by atoms with Crippen molar-refractivity contribution in [3.8, 4) is 0 Å². The van der Waals surface area contributed by atoms with E-state index in [-0.39, 0.29) is 17.2 Å². The molecule has 2 aromatic carbocycles. The second kappa shape index (κ2) is 10.7. The lowest BCUT2D eigenvalue weighted by Gasteiger charge is -2.41. The van der Waals surface area contributed by atoms with E-state index in [0.29, 0.717) is 17.7 Å². The maximum Gasteiger partial charge on any atom is 0.284 e. The van der Waals surface area contributed by atoms with Crippen LogP contribution in [0.2, 0.25) is 0 Å². The van der Waals surface area contributed by atoms with Crippen LogP contribution >= 0.6 is 12.2 Å². The van der Waals surface area contributed by atoms with Crippen molar-refractivity contribution >= 4 is 24.0 Å². The highest BCUT2D eigenvalue weighted by atomic mass is 32.2. The van der Waals surface area contributed by atoms with E-state index in [9.17, 15) is 9.59 Å². The van der Waals surface area contributed by atoms with E-state index < -0.39 is 5.54 Å². The fourth-order valence-electron chi connectivity index (χ4n) is 3.28. The van der Waals surface area contributed by atoms with Crippen LogP contribution in [0.4, 0.5) is 0 Å². The Bertz CT molecular complexity index is 952. The standard InChI is InChI=1S/C27H38N2O3S/c1-10-21-11-13-22(14-12-21)25(31)29(33-32-18-26(4,5)6)28(27(7,8)9)24(30)23-16-19(2)15-20(3)17-23/h11-17H,10,18H2,1-9H3. The Hall–Kier alpha value is -2.31. The average Bonchev–Trinajstić information content (AvgIpc) is 2.69. The molecule has 0 aliphatic carbocycles. The summed E-state index contributed by atoms with van der Waals surface area (Å²) in [6.45, 7) is 18.3. The molecule has 33 heavy (non-hydrogen) atoms. The van der Waals surface area contributed by atoms with Gasteiger partial charge in [0.15, 0.2) is 0 Å². The number of hydrogen-bond donors (Lipinski definition) is 0. The van der Waals surface area contributed by atoms with Gasteiger partial charge in [0.05, 0.1) is 12.1 Å². The first-order valence-corrected chi connectivity index (χ1v) is 12.1. The second-order valence-corrected chi connectivity index (χ2v) is 11.4. The largest absolute Gasteiger partial charge is 0.295 e. The number of hydrogen-bond acceptors (Lipinski definition) is 4. The molecule has 0 spiro atoms. The fraction of sp³-hybridized carbons (Fsp3) is 0.481. The summed E-state index contributed by atoms with van der Waals surface area (Å²) in [6, 6.07) is 13.2. The second-order valence-electron chi connectivity index (χ2n) is 10.7. The van der Waals surface area contributed by atoms with Gasteiger partial charge in [-0.25, -0.2) is 5.01 Å². The smallest absolute Gasteiger partial charge is 0.284 e. The van der Waals surface area contributed by atoms with E-state index in [4.69, 9.17) is 4.18 Å². The van der Waals surface area contributed by atoms with Crippen molar-refractivity contribution in [2.45, 2.75) is 74.3 Å². The number of benzene rings is 2.